The lowest BCUT2D eigenvalue weighted by Gasteiger charge is -2.54. The number of phenols is 1. The number of aliphatic hydroxyl groups is 1. The van der Waals surface area contributed by atoms with E-state index in [1.807, 2.05) is 6.07 Å². The Hall–Kier alpha value is -3.49. The molecule has 0 bridgehead atoms. The van der Waals surface area contributed by atoms with Gasteiger partial charge >= 0.3 is 30.0 Å². The molecule has 1 aliphatic heterocycles. The van der Waals surface area contributed by atoms with Crippen LogP contribution in [0.5, 0.6) is 5.75 Å². The van der Waals surface area contributed by atoms with Crippen molar-refractivity contribution in [3.63, 3.8) is 0 Å². The number of aryl methyl sites for hydroxylation is 1. The number of hydrogen-bond acceptors (Lipinski definition) is 4. The summed E-state index contributed by atoms with van der Waals surface area (Å²) in [5, 5.41) is 21.3. The molecule has 2 aromatic carbocycles. The van der Waals surface area contributed by atoms with Crippen LogP contribution in [0.4, 0.5) is 44.3 Å². The van der Waals surface area contributed by atoms with Crippen molar-refractivity contribution < 1.29 is 59.3 Å². The van der Waals surface area contributed by atoms with Crippen molar-refractivity contribution in [3.8, 4) is 5.75 Å². The van der Waals surface area contributed by atoms with E-state index in [0.29, 0.717) is 42.1 Å². The monoisotopic (exact) mass is 874 g/mol. The molecule has 1 heterocycles. The van der Waals surface area contributed by atoms with Gasteiger partial charge in [0, 0.05) is 19.4 Å². The van der Waals surface area contributed by atoms with Crippen LogP contribution in [-0.2, 0) is 11.2 Å². The number of phenolic OH excluding ortho intramolecular Hbond substituents is 1. The number of hydrogen-bond donors (Lipinski definition) is 2. The number of benzene rings is 2. The Morgan fingerprint density at radius 1 is 0.852 bits per heavy atom. The van der Waals surface area contributed by atoms with Crippen LogP contribution >= 0.6 is 0 Å². The summed E-state index contributed by atoms with van der Waals surface area (Å²) in [5.74, 6) is -20.2. The molecule has 0 radical (unpaired) electrons. The van der Waals surface area contributed by atoms with E-state index < -0.39 is 66.7 Å². The molecular weight excluding hydrogens is 815 g/mol. The first kappa shape index (κ1) is 47.0. The summed E-state index contributed by atoms with van der Waals surface area (Å²) in [4.78, 5) is 29.6. The molecule has 4 aliphatic rings. The molecule has 340 valence electrons. The van der Waals surface area contributed by atoms with Crippen molar-refractivity contribution in [3.05, 3.63) is 65.2 Å². The molecule has 3 amide bonds. The lowest BCUT2D eigenvalue weighted by atomic mass is 9.51. The van der Waals surface area contributed by atoms with Gasteiger partial charge in [0.1, 0.15) is 5.75 Å². The molecule has 15 heteroatoms. The second-order valence-corrected chi connectivity index (χ2v) is 18.6. The number of fused-ring (bicyclic) bond motifs is 5. The third kappa shape index (κ3) is 8.88. The average Bonchev–Trinajstić information content (AvgIpc) is 3.63. The van der Waals surface area contributed by atoms with Crippen molar-refractivity contribution in [2.45, 2.75) is 165 Å². The number of amides is 3. The van der Waals surface area contributed by atoms with Gasteiger partial charge in [-0.25, -0.2) is 4.79 Å². The number of nitrogens with zero attached hydrogens (tertiary/aromatic N) is 2. The standard InChI is InChI=1S/C46H59F9N2O4/c1-28-39(29-14-12-9-13-15-29)57(41(61)56(28)3)40(60)30(24-25-43(47,48)44(49,50)45(51,52)46(53,54)55)16-10-7-5-4-6-8-11-17-32-27-42(2)36(22-23-37(42)59)35-20-18-31-26-33(58)19-21-34(31)38(32)35/h9,12-15,19,21,26,28,30,32,35-39,58-59H,4-8,10-11,16-18,20,22-25,27H2,1-3H3/t28-,30+,32-,35?,36?,37-,38?,39-,42-/m0/s1. The zero-order valence-electron chi connectivity index (χ0n) is 35.1. The molecular formula is C46H59F9N2O4. The van der Waals surface area contributed by atoms with E-state index in [1.165, 1.54) is 23.1 Å². The van der Waals surface area contributed by atoms with Crippen LogP contribution in [0.1, 0.15) is 139 Å². The summed E-state index contributed by atoms with van der Waals surface area (Å²) in [7, 11) is 1.43. The van der Waals surface area contributed by atoms with Crippen molar-refractivity contribution in [1.82, 2.24) is 9.80 Å². The van der Waals surface area contributed by atoms with Gasteiger partial charge < -0.3 is 15.1 Å². The van der Waals surface area contributed by atoms with E-state index in [9.17, 15) is 59.3 Å². The second kappa shape index (κ2) is 17.9. The molecule has 3 unspecified atom stereocenters. The van der Waals surface area contributed by atoms with Gasteiger partial charge in [-0.05, 0) is 116 Å². The predicted octanol–water partition coefficient (Wildman–Crippen LogP) is 12.2. The van der Waals surface area contributed by atoms with Gasteiger partial charge in [-0.1, -0.05) is 88.3 Å². The third-order valence-electron chi connectivity index (χ3n) is 15.0. The van der Waals surface area contributed by atoms with Crippen molar-refractivity contribution in [2.75, 3.05) is 7.05 Å². The summed E-state index contributed by atoms with van der Waals surface area (Å²) in [6.45, 7) is 3.91. The molecule has 1 saturated heterocycles. The minimum Gasteiger partial charge on any atom is -0.508 e. The number of halogens is 9. The Morgan fingerprint density at radius 2 is 1.49 bits per heavy atom. The van der Waals surface area contributed by atoms with E-state index in [2.05, 4.69) is 13.0 Å². The number of aliphatic hydroxyl groups excluding tert-OH is 1. The fourth-order valence-electron chi connectivity index (χ4n) is 11.5. The summed E-state index contributed by atoms with van der Waals surface area (Å²) >= 11 is 0. The number of imide groups is 1. The van der Waals surface area contributed by atoms with Crippen LogP contribution in [0.3, 0.4) is 0 Å². The van der Waals surface area contributed by atoms with Gasteiger partial charge in [-0.15, -0.1) is 0 Å². The van der Waals surface area contributed by atoms with Crippen molar-refractivity contribution >= 4 is 11.9 Å². The van der Waals surface area contributed by atoms with Crippen LogP contribution in [0.15, 0.2) is 48.5 Å². The van der Waals surface area contributed by atoms with E-state index in [4.69, 9.17) is 0 Å². The maximum atomic E-state index is 14.8. The number of aromatic hydroxyl groups is 1. The van der Waals surface area contributed by atoms with Crippen LogP contribution in [0.25, 0.3) is 0 Å². The van der Waals surface area contributed by atoms with Gasteiger partial charge in [0.2, 0.25) is 5.91 Å². The zero-order chi connectivity index (χ0) is 44.7. The van der Waals surface area contributed by atoms with Gasteiger partial charge in [0.25, 0.3) is 0 Å². The molecule has 3 aliphatic carbocycles. The minimum absolute atomic E-state index is 0.122. The molecule has 0 aromatic heterocycles. The minimum atomic E-state index is -7.03. The molecule has 3 fully saturated rings. The Kier molecular flexibility index (Phi) is 13.8. The van der Waals surface area contributed by atoms with Crippen LogP contribution in [-0.4, -0.2) is 75.1 Å². The first-order valence-corrected chi connectivity index (χ1v) is 21.9. The fourth-order valence-corrected chi connectivity index (χ4v) is 11.5. The SMILES string of the molecule is C[C@H]1[C@@H](c2ccccc2)N(C(=O)[C@H](CCCCCCCCC[C@H]2C[C@@]3(C)C(CC[C@@H]3O)C3CCc4cc(O)ccc4C32)CCC(F)(F)C(F)(F)C(F)(F)C(F)(F)F)C(=O)N1C. The summed E-state index contributed by atoms with van der Waals surface area (Å²) in [5.41, 5.74) is 2.94. The molecule has 6 nitrogen and oxygen atoms in total. The van der Waals surface area contributed by atoms with Crippen molar-refractivity contribution in [1.29, 1.82) is 0 Å². The second-order valence-electron chi connectivity index (χ2n) is 18.6. The summed E-state index contributed by atoms with van der Waals surface area (Å²) in [6.07, 6.45) is 0.0267. The van der Waals surface area contributed by atoms with E-state index in [0.717, 1.165) is 69.1 Å². The molecule has 2 N–H and O–H groups in total. The van der Waals surface area contributed by atoms with Crippen LogP contribution < -0.4 is 0 Å². The number of carbonyl (C=O) groups is 2. The van der Waals surface area contributed by atoms with Gasteiger partial charge in [-0.2, -0.15) is 39.5 Å². The number of carbonyl (C=O) groups excluding carboxylic acids is 2. The maximum absolute atomic E-state index is 14.8. The van der Waals surface area contributed by atoms with E-state index >= 15 is 0 Å². The first-order chi connectivity index (χ1) is 28.5. The highest BCUT2D eigenvalue weighted by Gasteiger charge is 2.81. The largest absolute Gasteiger partial charge is 0.508 e. The summed E-state index contributed by atoms with van der Waals surface area (Å²) in [6, 6.07) is 11.8. The van der Waals surface area contributed by atoms with Gasteiger partial charge in [0.15, 0.2) is 0 Å². The molecule has 2 saturated carbocycles. The smallest absolute Gasteiger partial charge is 0.460 e. The molecule has 9 atom stereocenters. The Morgan fingerprint density at radius 3 is 2.15 bits per heavy atom. The molecule has 6 rings (SSSR count). The zero-order valence-corrected chi connectivity index (χ0v) is 35.1. The Labute approximate surface area is 352 Å². The van der Waals surface area contributed by atoms with E-state index in [1.54, 1.807) is 43.3 Å². The summed E-state index contributed by atoms with van der Waals surface area (Å²) < 4.78 is 124. The number of unbranched alkanes of at least 4 members (excludes halogenated alkanes) is 6. The number of rotatable bonds is 17. The Balaban J connectivity index is 1.06. The average molecular weight is 875 g/mol. The highest BCUT2D eigenvalue weighted by molar-refractivity contribution is 5.98. The highest BCUT2D eigenvalue weighted by atomic mass is 19.4. The normalized spacial score (nSPS) is 28.7. The molecule has 2 aromatic rings. The molecule has 0 spiro atoms. The third-order valence-corrected chi connectivity index (χ3v) is 15.0. The molecule has 61 heavy (non-hydrogen) atoms. The highest BCUT2D eigenvalue weighted by Crippen LogP contribution is 2.64. The van der Waals surface area contributed by atoms with Crippen molar-refractivity contribution in [2.24, 2.45) is 29.1 Å². The van der Waals surface area contributed by atoms with Crippen LogP contribution in [0.2, 0.25) is 0 Å². The predicted molar refractivity (Wildman–Crippen MR) is 211 cm³/mol. The fraction of sp³-hybridized carbons (Fsp3) is 0.696. The topological polar surface area (TPSA) is 81.1 Å². The Bertz CT molecular complexity index is 1840. The quantitative estimate of drug-likeness (QED) is 0.123. The number of likely N-dealkylation sites (N-methyl/N-ethyl adjacent to an activating group) is 1. The van der Waals surface area contributed by atoms with Gasteiger partial charge in [0.05, 0.1) is 18.2 Å². The maximum Gasteiger partial charge on any atom is 0.460 e. The van der Waals surface area contributed by atoms with Gasteiger partial charge in [-0.3, -0.25) is 9.69 Å². The lowest BCUT2D eigenvalue weighted by molar-refractivity contribution is -0.396. The lowest BCUT2D eigenvalue weighted by Crippen LogP contribution is -2.60. The number of urea groups is 1. The number of alkyl halides is 9. The van der Waals surface area contributed by atoms with Crippen LogP contribution in [0, 0.1) is 29.1 Å². The van der Waals surface area contributed by atoms with E-state index in [-0.39, 0.29) is 30.1 Å². The first-order valence-electron chi connectivity index (χ1n) is 21.9.